The molecular formula is C19H27NO6. The van der Waals surface area contributed by atoms with E-state index in [2.05, 4.69) is 4.74 Å². The van der Waals surface area contributed by atoms with Crippen LogP contribution in [0.4, 0.5) is 5.69 Å². The predicted octanol–water partition coefficient (Wildman–Crippen LogP) is 2.82. The molecule has 1 rings (SSSR count). The van der Waals surface area contributed by atoms with Crippen LogP contribution in [0.1, 0.15) is 63.4 Å². The lowest BCUT2D eigenvalue weighted by atomic mass is 9.94. The molecule has 144 valence electrons. The van der Waals surface area contributed by atoms with Gasteiger partial charge in [0.2, 0.25) is 0 Å². The molecule has 0 unspecified atom stereocenters. The van der Waals surface area contributed by atoms with Gasteiger partial charge < -0.3 is 19.9 Å². The van der Waals surface area contributed by atoms with E-state index < -0.39 is 35.0 Å². The number of nitrogens with two attached hydrogens (primary N) is 1. The summed E-state index contributed by atoms with van der Waals surface area (Å²) in [5, 5.41) is 0. The molecular weight excluding hydrogens is 338 g/mol. The molecule has 0 saturated carbocycles. The van der Waals surface area contributed by atoms with Gasteiger partial charge in [0.25, 0.3) is 0 Å². The van der Waals surface area contributed by atoms with E-state index in [1.165, 1.54) is 25.3 Å². The first-order chi connectivity index (χ1) is 11.7. The van der Waals surface area contributed by atoms with Crippen LogP contribution in [0.25, 0.3) is 0 Å². The quantitative estimate of drug-likeness (QED) is 0.378. The van der Waals surface area contributed by atoms with Gasteiger partial charge in [-0.25, -0.2) is 4.79 Å². The maximum absolute atomic E-state index is 12.7. The number of benzene rings is 1. The zero-order chi connectivity index (χ0) is 20.3. The number of hydrogen-bond acceptors (Lipinski definition) is 7. The molecule has 0 aliphatic carbocycles. The highest BCUT2D eigenvalue weighted by Gasteiger charge is 2.37. The first-order valence-corrected chi connectivity index (χ1v) is 8.18. The summed E-state index contributed by atoms with van der Waals surface area (Å²) in [4.78, 5) is 37.2. The number of ether oxygens (including phenoxy) is 3. The summed E-state index contributed by atoms with van der Waals surface area (Å²) in [5.74, 6) is -3.64. The Labute approximate surface area is 153 Å². The fraction of sp³-hybridized carbons (Fsp3) is 0.526. The van der Waals surface area contributed by atoms with Gasteiger partial charge in [0.05, 0.1) is 12.7 Å². The van der Waals surface area contributed by atoms with E-state index >= 15 is 0 Å². The summed E-state index contributed by atoms with van der Waals surface area (Å²) < 4.78 is 15.4. The van der Waals surface area contributed by atoms with Gasteiger partial charge in [0.1, 0.15) is 11.2 Å². The number of hydrogen-bond donors (Lipinski definition) is 1. The third kappa shape index (κ3) is 6.06. The minimum Gasteiger partial charge on any atom is -0.465 e. The number of carbonyl (C=O) groups excluding carboxylic acids is 3. The van der Waals surface area contributed by atoms with Gasteiger partial charge in [0.15, 0.2) is 5.92 Å². The molecule has 26 heavy (non-hydrogen) atoms. The van der Waals surface area contributed by atoms with E-state index in [-0.39, 0.29) is 16.8 Å². The number of carbonyl (C=O) groups is 3. The normalized spacial score (nSPS) is 11.8. The van der Waals surface area contributed by atoms with Crippen molar-refractivity contribution in [2.45, 2.75) is 58.7 Å². The molecule has 0 aliphatic rings. The van der Waals surface area contributed by atoms with Gasteiger partial charge >= 0.3 is 17.9 Å². The second kappa shape index (κ2) is 7.76. The van der Waals surface area contributed by atoms with Gasteiger partial charge in [0, 0.05) is 11.3 Å². The van der Waals surface area contributed by atoms with Gasteiger partial charge in [-0.2, -0.15) is 0 Å². The Kier molecular flexibility index (Phi) is 6.41. The van der Waals surface area contributed by atoms with Gasteiger partial charge in [-0.15, -0.1) is 0 Å². The standard InChI is InChI=1S/C19H27NO6/c1-18(2,3)25-16(22)14(17(23)26-19(4,5)6)12-10-11(15(21)24-7)8-9-13(12)20/h8-10,14H,20H2,1-7H3. The van der Waals surface area contributed by atoms with Crippen LogP contribution in [0.5, 0.6) is 0 Å². The van der Waals surface area contributed by atoms with Crippen LogP contribution in [0.3, 0.4) is 0 Å². The Morgan fingerprint density at radius 2 is 1.38 bits per heavy atom. The van der Waals surface area contributed by atoms with E-state index in [0.29, 0.717) is 0 Å². The lowest BCUT2D eigenvalue weighted by molar-refractivity contribution is -0.169. The van der Waals surface area contributed by atoms with Crippen LogP contribution in [0, 0.1) is 0 Å². The summed E-state index contributed by atoms with van der Waals surface area (Å²) in [6, 6.07) is 4.23. The molecule has 0 spiro atoms. The molecule has 7 nitrogen and oxygen atoms in total. The molecule has 0 amide bonds. The van der Waals surface area contributed by atoms with Crippen LogP contribution < -0.4 is 5.73 Å². The van der Waals surface area contributed by atoms with Crippen molar-refractivity contribution < 1.29 is 28.6 Å². The van der Waals surface area contributed by atoms with Crippen LogP contribution in [-0.4, -0.2) is 36.2 Å². The second-order valence-electron chi connectivity index (χ2n) is 7.84. The third-order valence-electron chi connectivity index (χ3n) is 3.10. The highest BCUT2D eigenvalue weighted by Crippen LogP contribution is 2.29. The van der Waals surface area contributed by atoms with E-state index in [1.54, 1.807) is 41.5 Å². The van der Waals surface area contributed by atoms with Crippen molar-refractivity contribution in [2.24, 2.45) is 0 Å². The second-order valence-corrected chi connectivity index (χ2v) is 7.84. The van der Waals surface area contributed by atoms with Crippen LogP contribution in [0.15, 0.2) is 18.2 Å². The monoisotopic (exact) mass is 365 g/mol. The van der Waals surface area contributed by atoms with Crippen LogP contribution in [-0.2, 0) is 23.8 Å². The molecule has 1 aromatic rings. The largest absolute Gasteiger partial charge is 0.465 e. The van der Waals surface area contributed by atoms with Gasteiger partial charge in [-0.1, -0.05) is 0 Å². The molecule has 0 atom stereocenters. The molecule has 0 saturated heterocycles. The summed E-state index contributed by atoms with van der Waals surface area (Å²) in [5.41, 5.74) is 4.80. The number of nitrogen functional groups attached to an aromatic ring is 1. The topological polar surface area (TPSA) is 105 Å². The Bertz CT molecular complexity index is 669. The molecule has 0 bridgehead atoms. The third-order valence-corrected chi connectivity index (χ3v) is 3.10. The Hall–Kier alpha value is -2.57. The Morgan fingerprint density at radius 3 is 1.77 bits per heavy atom. The van der Waals surface area contributed by atoms with Crippen molar-refractivity contribution in [2.75, 3.05) is 12.8 Å². The first kappa shape index (κ1) is 21.5. The van der Waals surface area contributed by atoms with E-state index in [9.17, 15) is 14.4 Å². The van der Waals surface area contributed by atoms with Gasteiger partial charge in [-0.05, 0) is 59.7 Å². The number of esters is 3. The molecule has 0 aliphatic heterocycles. The average Bonchev–Trinajstić information content (AvgIpc) is 2.44. The first-order valence-electron chi connectivity index (χ1n) is 8.18. The molecule has 0 aromatic heterocycles. The van der Waals surface area contributed by atoms with Crippen LogP contribution >= 0.6 is 0 Å². The fourth-order valence-electron chi connectivity index (χ4n) is 2.14. The number of rotatable bonds is 4. The molecule has 0 heterocycles. The summed E-state index contributed by atoms with van der Waals surface area (Å²) in [6.07, 6.45) is 0. The van der Waals surface area contributed by atoms with Crippen LogP contribution in [0.2, 0.25) is 0 Å². The molecule has 1 aromatic carbocycles. The molecule has 0 radical (unpaired) electrons. The fourth-order valence-corrected chi connectivity index (χ4v) is 2.14. The van der Waals surface area contributed by atoms with Crippen molar-refractivity contribution in [1.29, 1.82) is 0 Å². The summed E-state index contributed by atoms with van der Waals surface area (Å²) in [6.45, 7) is 10.1. The molecule has 2 N–H and O–H groups in total. The zero-order valence-electron chi connectivity index (χ0n) is 16.3. The highest BCUT2D eigenvalue weighted by molar-refractivity contribution is 6.03. The highest BCUT2D eigenvalue weighted by atomic mass is 16.6. The van der Waals surface area contributed by atoms with E-state index in [0.717, 1.165) is 0 Å². The molecule has 0 fully saturated rings. The smallest absolute Gasteiger partial charge is 0.337 e. The van der Waals surface area contributed by atoms with Crippen molar-refractivity contribution >= 4 is 23.6 Å². The maximum atomic E-state index is 12.7. The Morgan fingerprint density at radius 1 is 0.923 bits per heavy atom. The average molecular weight is 365 g/mol. The predicted molar refractivity (Wildman–Crippen MR) is 96.6 cm³/mol. The van der Waals surface area contributed by atoms with Gasteiger partial charge in [-0.3, -0.25) is 9.59 Å². The van der Waals surface area contributed by atoms with Crippen molar-refractivity contribution in [3.8, 4) is 0 Å². The lowest BCUT2D eigenvalue weighted by Gasteiger charge is -2.27. The lowest BCUT2D eigenvalue weighted by Crippen LogP contribution is -2.36. The van der Waals surface area contributed by atoms with Crippen molar-refractivity contribution in [3.63, 3.8) is 0 Å². The minimum atomic E-state index is -1.42. The molecule has 7 heteroatoms. The summed E-state index contributed by atoms with van der Waals surface area (Å²) >= 11 is 0. The number of anilines is 1. The zero-order valence-corrected chi connectivity index (χ0v) is 16.3. The SMILES string of the molecule is COC(=O)c1ccc(N)c(C(C(=O)OC(C)(C)C)C(=O)OC(C)(C)C)c1. The summed E-state index contributed by atoms with van der Waals surface area (Å²) in [7, 11) is 1.23. The van der Waals surface area contributed by atoms with Crippen molar-refractivity contribution in [3.05, 3.63) is 29.3 Å². The Balaban J connectivity index is 3.42. The maximum Gasteiger partial charge on any atom is 0.337 e. The minimum absolute atomic E-state index is 0.136. The van der Waals surface area contributed by atoms with E-state index in [4.69, 9.17) is 15.2 Å². The number of methoxy groups -OCH3 is 1. The van der Waals surface area contributed by atoms with E-state index in [1.807, 2.05) is 0 Å². The van der Waals surface area contributed by atoms with Crippen molar-refractivity contribution in [1.82, 2.24) is 0 Å².